The van der Waals surface area contributed by atoms with Crippen molar-refractivity contribution in [3.63, 3.8) is 0 Å². The summed E-state index contributed by atoms with van der Waals surface area (Å²) in [5.41, 5.74) is 0. The Kier molecular flexibility index (Phi) is 9.56. The van der Waals surface area contributed by atoms with Crippen LogP contribution in [0.15, 0.2) is 0 Å². The van der Waals surface area contributed by atoms with Crippen LogP contribution in [0.5, 0.6) is 0 Å². The molecule has 0 aromatic heterocycles. The molecule has 3 nitrogen and oxygen atoms in total. The number of nitrogens with one attached hydrogen (secondary N) is 1. The van der Waals surface area contributed by atoms with E-state index in [0.717, 1.165) is 19.5 Å². The van der Waals surface area contributed by atoms with E-state index in [1.165, 1.54) is 32.1 Å². The summed E-state index contributed by atoms with van der Waals surface area (Å²) in [7, 11) is 0. The average Bonchev–Trinajstić information content (AvgIpc) is 2.70. The number of likely N-dealkylation sites (tertiary alicyclic amines) is 1. The standard InChI is InChI=1S/C13H26N2O.ClH/c1-3-4-5-8-12(2)14-13(16)11-15-9-6-7-10-15;/h12H,3-11H2,1-2H3,(H,14,16);1H. The molecule has 0 radical (unpaired) electrons. The molecule has 1 amide bonds. The predicted molar refractivity (Wildman–Crippen MR) is 74.7 cm³/mol. The number of nitrogens with zero attached hydrogens (tertiary/aromatic N) is 1. The zero-order chi connectivity index (χ0) is 11.8. The molecule has 1 N–H and O–H groups in total. The van der Waals surface area contributed by atoms with E-state index in [1.54, 1.807) is 0 Å². The highest BCUT2D eigenvalue weighted by atomic mass is 35.5. The molecule has 4 heteroatoms. The largest absolute Gasteiger partial charge is 0.353 e. The molecular weight excluding hydrogens is 236 g/mol. The Morgan fingerprint density at radius 2 is 1.94 bits per heavy atom. The van der Waals surface area contributed by atoms with E-state index >= 15 is 0 Å². The maximum Gasteiger partial charge on any atom is 0.234 e. The third kappa shape index (κ3) is 7.61. The molecule has 1 aliphatic heterocycles. The lowest BCUT2D eigenvalue weighted by molar-refractivity contribution is -0.122. The molecule has 17 heavy (non-hydrogen) atoms. The Balaban J connectivity index is 0.00000256. The number of unbranched alkanes of at least 4 members (excludes halogenated alkanes) is 2. The summed E-state index contributed by atoms with van der Waals surface area (Å²) in [6.07, 6.45) is 7.35. The number of amides is 1. The van der Waals surface area contributed by atoms with Crippen LogP contribution in [-0.2, 0) is 4.79 Å². The van der Waals surface area contributed by atoms with Crippen molar-refractivity contribution in [1.29, 1.82) is 0 Å². The lowest BCUT2D eigenvalue weighted by Crippen LogP contribution is -2.40. The van der Waals surface area contributed by atoms with Crippen molar-refractivity contribution in [2.24, 2.45) is 0 Å². The molecular formula is C13H27ClN2O. The molecule has 1 atom stereocenters. The first-order chi connectivity index (χ1) is 7.72. The summed E-state index contributed by atoms with van der Waals surface area (Å²) < 4.78 is 0. The molecule has 0 aliphatic carbocycles. The van der Waals surface area contributed by atoms with E-state index in [-0.39, 0.29) is 18.3 Å². The quantitative estimate of drug-likeness (QED) is 0.716. The first-order valence-corrected chi connectivity index (χ1v) is 6.74. The number of hydrogen-bond donors (Lipinski definition) is 1. The molecule has 1 heterocycles. The Labute approximate surface area is 112 Å². The Hall–Kier alpha value is -0.280. The maximum atomic E-state index is 11.7. The highest BCUT2D eigenvalue weighted by molar-refractivity contribution is 5.85. The summed E-state index contributed by atoms with van der Waals surface area (Å²) in [6.45, 7) is 7.10. The monoisotopic (exact) mass is 262 g/mol. The SMILES string of the molecule is CCCCCC(C)NC(=O)CN1CCCC1.Cl. The van der Waals surface area contributed by atoms with Crippen LogP contribution in [0, 0.1) is 0 Å². The van der Waals surface area contributed by atoms with E-state index in [1.807, 2.05) is 0 Å². The summed E-state index contributed by atoms with van der Waals surface area (Å²) in [5, 5.41) is 3.09. The maximum absolute atomic E-state index is 11.7. The van der Waals surface area contributed by atoms with Gasteiger partial charge in [0.1, 0.15) is 0 Å². The van der Waals surface area contributed by atoms with E-state index in [0.29, 0.717) is 12.6 Å². The smallest absolute Gasteiger partial charge is 0.234 e. The van der Waals surface area contributed by atoms with Gasteiger partial charge in [0, 0.05) is 6.04 Å². The van der Waals surface area contributed by atoms with E-state index in [4.69, 9.17) is 0 Å². The van der Waals surface area contributed by atoms with Gasteiger partial charge in [-0.25, -0.2) is 0 Å². The first kappa shape index (κ1) is 16.7. The normalized spacial score (nSPS) is 17.5. The molecule has 1 rings (SSSR count). The molecule has 0 saturated carbocycles. The molecule has 1 aliphatic rings. The van der Waals surface area contributed by atoms with Crippen LogP contribution < -0.4 is 5.32 Å². The van der Waals surface area contributed by atoms with Gasteiger partial charge in [-0.1, -0.05) is 26.2 Å². The second-order valence-electron chi connectivity index (χ2n) is 4.95. The third-order valence-corrected chi connectivity index (χ3v) is 3.21. The van der Waals surface area contributed by atoms with Gasteiger partial charge in [0.05, 0.1) is 6.54 Å². The molecule has 0 aromatic rings. The molecule has 0 spiro atoms. The van der Waals surface area contributed by atoms with Crippen LogP contribution >= 0.6 is 12.4 Å². The molecule has 102 valence electrons. The predicted octanol–water partition coefficient (Wildman–Crippen LogP) is 2.59. The van der Waals surface area contributed by atoms with Crippen LogP contribution in [-0.4, -0.2) is 36.5 Å². The van der Waals surface area contributed by atoms with E-state index < -0.39 is 0 Å². The highest BCUT2D eigenvalue weighted by Crippen LogP contribution is 2.07. The van der Waals surface area contributed by atoms with Crippen LogP contribution in [0.25, 0.3) is 0 Å². The fraction of sp³-hybridized carbons (Fsp3) is 0.923. The van der Waals surface area contributed by atoms with Gasteiger partial charge in [-0.15, -0.1) is 12.4 Å². The minimum absolute atomic E-state index is 0. The molecule has 0 aromatic carbocycles. The van der Waals surface area contributed by atoms with Gasteiger partial charge in [0.15, 0.2) is 0 Å². The topological polar surface area (TPSA) is 32.3 Å². The number of halogens is 1. The number of hydrogen-bond acceptors (Lipinski definition) is 2. The summed E-state index contributed by atoms with van der Waals surface area (Å²) in [4.78, 5) is 13.9. The van der Waals surface area contributed by atoms with Crippen LogP contribution in [0.3, 0.4) is 0 Å². The van der Waals surface area contributed by atoms with Crippen molar-refractivity contribution in [3.8, 4) is 0 Å². The van der Waals surface area contributed by atoms with Gasteiger partial charge in [0.2, 0.25) is 5.91 Å². The van der Waals surface area contributed by atoms with E-state index in [2.05, 4.69) is 24.1 Å². The lowest BCUT2D eigenvalue weighted by atomic mass is 10.1. The Morgan fingerprint density at radius 3 is 2.53 bits per heavy atom. The number of rotatable bonds is 7. The van der Waals surface area contributed by atoms with Gasteiger partial charge >= 0.3 is 0 Å². The molecule has 1 fully saturated rings. The van der Waals surface area contributed by atoms with Gasteiger partial charge in [0.25, 0.3) is 0 Å². The fourth-order valence-electron chi connectivity index (χ4n) is 2.24. The molecule has 1 unspecified atom stereocenters. The van der Waals surface area contributed by atoms with Gasteiger partial charge < -0.3 is 5.32 Å². The van der Waals surface area contributed by atoms with Crippen molar-refractivity contribution in [3.05, 3.63) is 0 Å². The zero-order valence-corrected chi connectivity index (χ0v) is 12.0. The molecule has 0 bridgehead atoms. The van der Waals surface area contributed by atoms with Crippen LogP contribution in [0.1, 0.15) is 52.4 Å². The minimum atomic E-state index is 0. The van der Waals surface area contributed by atoms with Crippen molar-refractivity contribution >= 4 is 18.3 Å². The highest BCUT2D eigenvalue weighted by Gasteiger charge is 2.15. The van der Waals surface area contributed by atoms with Crippen molar-refractivity contribution < 1.29 is 4.79 Å². The summed E-state index contributed by atoms with van der Waals surface area (Å²) in [5.74, 6) is 0.200. The Morgan fingerprint density at radius 1 is 1.29 bits per heavy atom. The minimum Gasteiger partial charge on any atom is -0.353 e. The Bertz CT molecular complexity index is 206. The van der Waals surface area contributed by atoms with Gasteiger partial charge in [-0.05, 0) is 39.3 Å². The molecule has 1 saturated heterocycles. The zero-order valence-electron chi connectivity index (χ0n) is 11.2. The van der Waals surface area contributed by atoms with Crippen LogP contribution in [0.2, 0.25) is 0 Å². The number of carbonyl (C=O) groups excluding carboxylic acids is 1. The van der Waals surface area contributed by atoms with E-state index in [9.17, 15) is 4.79 Å². The number of carbonyl (C=O) groups is 1. The summed E-state index contributed by atoms with van der Waals surface area (Å²) in [6, 6.07) is 0.335. The third-order valence-electron chi connectivity index (χ3n) is 3.21. The average molecular weight is 263 g/mol. The second-order valence-corrected chi connectivity index (χ2v) is 4.95. The second kappa shape index (κ2) is 9.72. The van der Waals surface area contributed by atoms with Crippen molar-refractivity contribution in [1.82, 2.24) is 10.2 Å². The first-order valence-electron chi connectivity index (χ1n) is 6.74. The lowest BCUT2D eigenvalue weighted by Gasteiger charge is -2.17. The van der Waals surface area contributed by atoms with Crippen molar-refractivity contribution in [2.45, 2.75) is 58.4 Å². The van der Waals surface area contributed by atoms with Crippen LogP contribution in [0.4, 0.5) is 0 Å². The summed E-state index contributed by atoms with van der Waals surface area (Å²) >= 11 is 0. The van der Waals surface area contributed by atoms with Gasteiger partial charge in [-0.3, -0.25) is 9.69 Å². The van der Waals surface area contributed by atoms with Gasteiger partial charge in [-0.2, -0.15) is 0 Å². The fourth-order valence-corrected chi connectivity index (χ4v) is 2.24. The van der Waals surface area contributed by atoms with Crippen molar-refractivity contribution in [2.75, 3.05) is 19.6 Å².